The largest absolute Gasteiger partial charge is 0.465 e. The van der Waals surface area contributed by atoms with Crippen LogP contribution in [0.15, 0.2) is 35.3 Å². The number of hydrogen-bond acceptors (Lipinski definition) is 6. The van der Waals surface area contributed by atoms with Crippen LogP contribution >= 0.6 is 11.6 Å². The van der Waals surface area contributed by atoms with Crippen molar-refractivity contribution in [2.75, 3.05) is 42.6 Å². The molecule has 2 aromatic rings. The molecule has 27 heavy (non-hydrogen) atoms. The Hall–Kier alpha value is -2.61. The fraction of sp³-hybridized carbons (Fsp3) is 0.389. The molecule has 2 heterocycles. The summed E-state index contributed by atoms with van der Waals surface area (Å²) in [5.74, 6) is -0.803. The molecule has 1 aliphatic rings. The molecular weight excluding hydrogens is 375 g/mol. The van der Waals surface area contributed by atoms with Crippen LogP contribution in [0.3, 0.4) is 0 Å². The molecule has 0 amide bonds. The van der Waals surface area contributed by atoms with Crippen LogP contribution in [0.4, 0.5) is 15.8 Å². The lowest BCUT2D eigenvalue weighted by Crippen LogP contribution is -2.47. The van der Waals surface area contributed by atoms with E-state index in [2.05, 4.69) is 10.00 Å². The van der Waals surface area contributed by atoms with Crippen LogP contribution in [0.2, 0.25) is 5.02 Å². The van der Waals surface area contributed by atoms with Crippen molar-refractivity contribution in [2.24, 2.45) is 0 Å². The standard InChI is InChI=1S/C18H20ClFN4O3/c1-2-27-16(25)12-24-18(26)17(19)15(11-21-24)23-9-7-22(8-10-23)14-5-3-13(20)4-6-14/h3-6,11H,2,7-10,12H2,1H3. The predicted octanol–water partition coefficient (Wildman–Crippen LogP) is 1.93. The molecule has 0 N–H and O–H groups in total. The number of carbonyl (C=O) groups is 1. The first-order valence-corrected chi connectivity index (χ1v) is 9.04. The SMILES string of the molecule is CCOC(=O)Cn1ncc(N2CCN(c3ccc(F)cc3)CC2)c(Cl)c1=O. The summed E-state index contributed by atoms with van der Waals surface area (Å²) in [6, 6.07) is 6.36. The minimum absolute atomic E-state index is 0.0320. The summed E-state index contributed by atoms with van der Waals surface area (Å²) in [7, 11) is 0. The number of ether oxygens (including phenoxy) is 1. The number of anilines is 2. The van der Waals surface area contributed by atoms with Crippen LogP contribution in [0, 0.1) is 5.82 Å². The second-order valence-corrected chi connectivity index (χ2v) is 6.44. The van der Waals surface area contributed by atoms with E-state index in [0.717, 1.165) is 10.4 Å². The second kappa shape index (κ2) is 8.39. The van der Waals surface area contributed by atoms with Gasteiger partial charge in [-0.1, -0.05) is 11.6 Å². The van der Waals surface area contributed by atoms with E-state index in [1.54, 1.807) is 19.1 Å². The second-order valence-electron chi connectivity index (χ2n) is 6.06. The molecule has 0 saturated carbocycles. The number of benzene rings is 1. The number of carbonyl (C=O) groups excluding carboxylic acids is 1. The maximum atomic E-state index is 13.1. The van der Waals surface area contributed by atoms with Gasteiger partial charge in [-0.15, -0.1) is 0 Å². The maximum Gasteiger partial charge on any atom is 0.327 e. The van der Waals surface area contributed by atoms with Gasteiger partial charge in [0.05, 0.1) is 18.5 Å². The van der Waals surface area contributed by atoms with E-state index in [0.29, 0.717) is 31.9 Å². The van der Waals surface area contributed by atoms with E-state index in [9.17, 15) is 14.0 Å². The summed E-state index contributed by atoms with van der Waals surface area (Å²) in [4.78, 5) is 28.0. The Kier molecular flexibility index (Phi) is 5.95. The first kappa shape index (κ1) is 19.2. The Morgan fingerprint density at radius 1 is 1.19 bits per heavy atom. The normalized spacial score (nSPS) is 14.3. The molecule has 1 aliphatic heterocycles. The molecule has 0 bridgehead atoms. The maximum absolute atomic E-state index is 13.1. The van der Waals surface area contributed by atoms with Crippen LogP contribution in [0.25, 0.3) is 0 Å². The van der Waals surface area contributed by atoms with Crippen molar-refractivity contribution < 1.29 is 13.9 Å². The highest BCUT2D eigenvalue weighted by atomic mass is 35.5. The minimum atomic E-state index is -0.538. The van der Waals surface area contributed by atoms with Gasteiger partial charge in [0.1, 0.15) is 17.4 Å². The Balaban J connectivity index is 1.69. The summed E-state index contributed by atoms with van der Waals surface area (Å²) < 4.78 is 18.9. The van der Waals surface area contributed by atoms with Crippen molar-refractivity contribution in [2.45, 2.75) is 13.5 Å². The van der Waals surface area contributed by atoms with Crippen molar-refractivity contribution in [3.8, 4) is 0 Å². The molecule has 1 fully saturated rings. The highest BCUT2D eigenvalue weighted by molar-refractivity contribution is 6.33. The minimum Gasteiger partial charge on any atom is -0.465 e. The van der Waals surface area contributed by atoms with Gasteiger partial charge in [-0.2, -0.15) is 5.10 Å². The first-order valence-electron chi connectivity index (χ1n) is 8.66. The molecule has 144 valence electrons. The third-order valence-corrected chi connectivity index (χ3v) is 4.72. The Labute approximate surface area is 160 Å². The number of nitrogens with zero attached hydrogens (tertiary/aromatic N) is 4. The van der Waals surface area contributed by atoms with Gasteiger partial charge < -0.3 is 14.5 Å². The molecule has 1 saturated heterocycles. The average Bonchev–Trinajstić information content (AvgIpc) is 2.67. The molecule has 0 spiro atoms. The molecule has 1 aromatic carbocycles. The molecule has 3 rings (SSSR count). The highest BCUT2D eigenvalue weighted by Crippen LogP contribution is 2.24. The van der Waals surface area contributed by atoms with Crippen molar-refractivity contribution in [3.05, 3.63) is 51.7 Å². The number of hydrogen-bond donors (Lipinski definition) is 0. The fourth-order valence-electron chi connectivity index (χ4n) is 2.98. The van der Waals surface area contributed by atoms with Gasteiger partial charge in [-0.05, 0) is 31.2 Å². The zero-order chi connectivity index (χ0) is 19.4. The first-order chi connectivity index (χ1) is 13.0. The Bertz CT molecular complexity index is 864. The van der Waals surface area contributed by atoms with Crippen molar-refractivity contribution in [1.82, 2.24) is 9.78 Å². The number of esters is 1. The zero-order valence-corrected chi connectivity index (χ0v) is 15.7. The molecule has 0 atom stereocenters. The van der Waals surface area contributed by atoms with Crippen LogP contribution in [0.5, 0.6) is 0 Å². The molecular formula is C18H20ClFN4O3. The van der Waals surface area contributed by atoms with Crippen molar-refractivity contribution in [3.63, 3.8) is 0 Å². The number of halogens is 2. The van der Waals surface area contributed by atoms with Crippen LogP contribution in [-0.2, 0) is 16.1 Å². The van der Waals surface area contributed by atoms with E-state index in [1.807, 2.05) is 4.90 Å². The van der Waals surface area contributed by atoms with Gasteiger partial charge in [-0.25, -0.2) is 9.07 Å². The fourth-order valence-corrected chi connectivity index (χ4v) is 3.24. The molecule has 0 radical (unpaired) electrons. The summed E-state index contributed by atoms with van der Waals surface area (Å²) in [5.41, 5.74) is 0.967. The van der Waals surface area contributed by atoms with E-state index >= 15 is 0 Å². The summed E-state index contributed by atoms with van der Waals surface area (Å²) >= 11 is 6.24. The van der Waals surface area contributed by atoms with Crippen molar-refractivity contribution in [1.29, 1.82) is 0 Å². The van der Waals surface area contributed by atoms with Gasteiger partial charge in [-0.3, -0.25) is 9.59 Å². The van der Waals surface area contributed by atoms with E-state index < -0.39 is 11.5 Å². The van der Waals surface area contributed by atoms with Gasteiger partial charge in [0, 0.05) is 31.9 Å². The van der Waals surface area contributed by atoms with E-state index in [-0.39, 0.29) is 24.0 Å². The number of piperazine rings is 1. The third kappa shape index (κ3) is 4.39. The van der Waals surface area contributed by atoms with Crippen LogP contribution < -0.4 is 15.4 Å². The van der Waals surface area contributed by atoms with Crippen LogP contribution in [-0.4, -0.2) is 48.5 Å². The summed E-state index contributed by atoms with van der Waals surface area (Å²) in [5, 5.41) is 4.08. The van der Waals surface area contributed by atoms with Crippen LogP contribution in [0.1, 0.15) is 6.92 Å². The third-order valence-electron chi connectivity index (χ3n) is 4.36. The summed E-state index contributed by atoms with van der Waals surface area (Å²) in [6.45, 7) is 4.33. The predicted molar refractivity (Wildman–Crippen MR) is 101 cm³/mol. The highest BCUT2D eigenvalue weighted by Gasteiger charge is 2.22. The Morgan fingerprint density at radius 3 is 2.44 bits per heavy atom. The van der Waals surface area contributed by atoms with Gasteiger partial charge >= 0.3 is 5.97 Å². The lowest BCUT2D eigenvalue weighted by atomic mass is 10.2. The Morgan fingerprint density at radius 2 is 1.81 bits per heavy atom. The summed E-state index contributed by atoms with van der Waals surface area (Å²) in [6.07, 6.45) is 1.50. The average molecular weight is 395 g/mol. The van der Waals surface area contributed by atoms with Gasteiger partial charge in [0.25, 0.3) is 5.56 Å². The molecule has 0 aliphatic carbocycles. The number of aromatic nitrogens is 2. The topological polar surface area (TPSA) is 67.7 Å². The van der Waals surface area contributed by atoms with Gasteiger partial charge in [0.15, 0.2) is 0 Å². The lowest BCUT2D eigenvalue weighted by Gasteiger charge is -2.37. The lowest BCUT2D eigenvalue weighted by molar-refractivity contribution is -0.144. The molecule has 7 nitrogen and oxygen atoms in total. The quantitative estimate of drug-likeness (QED) is 0.722. The molecule has 9 heteroatoms. The molecule has 0 unspecified atom stereocenters. The monoisotopic (exact) mass is 394 g/mol. The van der Waals surface area contributed by atoms with E-state index in [1.165, 1.54) is 18.3 Å². The van der Waals surface area contributed by atoms with E-state index in [4.69, 9.17) is 16.3 Å². The number of rotatable bonds is 5. The smallest absolute Gasteiger partial charge is 0.327 e. The van der Waals surface area contributed by atoms with Gasteiger partial charge in [0.2, 0.25) is 0 Å². The zero-order valence-electron chi connectivity index (χ0n) is 14.9. The van der Waals surface area contributed by atoms with Crippen molar-refractivity contribution >= 4 is 28.9 Å². The molecule has 1 aromatic heterocycles.